The van der Waals surface area contributed by atoms with E-state index in [0.717, 1.165) is 11.1 Å². The third kappa shape index (κ3) is 4.13. The second-order valence-electron chi connectivity index (χ2n) is 5.83. The molecule has 136 valence electrons. The Morgan fingerprint density at radius 3 is 2.37 bits per heavy atom. The van der Waals surface area contributed by atoms with Crippen LogP contribution < -0.4 is 0 Å². The molecular weight excluding hydrogens is 380 g/mol. The van der Waals surface area contributed by atoms with Gasteiger partial charge in [0.05, 0.1) is 5.57 Å². The maximum atomic E-state index is 12.3. The van der Waals surface area contributed by atoms with Crippen molar-refractivity contribution in [2.45, 2.75) is 18.7 Å². The Balaban J connectivity index is 1.84. The minimum Gasteiger partial charge on any atom is -0.264 e. The minimum absolute atomic E-state index is 0.0784. The van der Waals surface area contributed by atoms with Crippen molar-refractivity contribution in [1.82, 2.24) is 0 Å². The van der Waals surface area contributed by atoms with Gasteiger partial charge in [-0.2, -0.15) is 13.7 Å². The quantitative estimate of drug-likeness (QED) is 0.559. The predicted molar refractivity (Wildman–Crippen MR) is 107 cm³/mol. The molecule has 27 heavy (non-hydrogen) atoms. The van der Waals surface area contributed by atoms with Gasteiger partial charge < -0.3 is 0 Å². The fourth-order valence-electron chi connectivity index (χ4n) is 2.58. The van der Waals surface area contributed by atoms with E-state index in [1.165, 1.54) is 17.8 Å². The van der Waals surface area contributed by atoms with E-state index in [2.05, 4.69) is 11.2 Å². The van der Waals surface area contributed by atoms with Crippen LogP contribution in [0.5, 0.6) is 0 Å². The van der Waals surface area contributed by atoms with Crippen molar-refractivity contribution in [1.29, 1.82) is 5.26 Å². The van der Waals surface area contributed by atoms with Crippen LogP contribution in [0, 0.1) is 25.2 Å². The summed E-state index contributed by atoms with van der Waals surface area (Å²) in [7, 11) is -4.00. The molecule has 0 amide bonds. The van der Waals surface area contributed by atoms with E-state index >= 15 is 0 Å². The van der Waals surface area contributed by atoms with E-state index in [9.17, 15) is 13.7 Å². The summed E-state index contributed by atoms with van der Waals surface area (Å²) in [6.45, 7) is 3.62. The highest BCUT2D eigenvalue weighted by Gasteiger charge is 2.20. The highest BCUT2D eigenvalue weighted by atomic mass is 32.2. The summed E-state index contributed by atoms with van der Waals surface area (Å²) in [5.74, 6) is 0. The zero-order chi connectivity index (χ0) is 19.4. The van der Waals surface area contributed by atoms with Crippen molar-refractivity contribution in [2.75, 3.05) is 0 Å². The third-order valence-corrected chi connectivity index (χ3v) is 6.20. The summed E-state index contributed by atoms with van der Waals surface area (Å²) in [6, 6.07) is 16.4. The molecule has 2 aromatic carbocycles. The standard InChI is InChI=1S/C20H16N2O3S2/c1-14-7-3-5-9-16(14)17(13-21)18-11-12-20(26-18)22-25-27(23,24)19-10-6-4-8-15(19)2/h3-12H,1-2H3. The fraction of sp³-hybridized carbons (Fsp3) is 0.100. The highest BCUT2D eigenvalue weighted by Crippen LogP contribution is 2.35. The van der Waals surface area contributed by atoms with E-state index in [1.807, 2.05) is 31.2 Å². The van der Waals surface area contributed by atoms with Crippen LogP contribution in [0.1, 0.15) is 16.7 Å². The molecule has 0 saturated carbocycles. The molecule has 2 aromatic rings. The van der Waals surface area contributed by atoms with Gasteiger partial charge in [-0.3, -0.25) is 4.28 Å². The van der Waals surface area contributed by atoms with Crippen LogP contribution in [0.25, 0.3) is 5.57 Å². The molecule has 0 atom stereocenters. The molecule has 0 fully saturated rings. The van der Waals surface area contributed by atoms with Gasteiger partial charge in [0.1, 0.15) is 16.0 Å². The molecule has 0 aromatic heterocycles. The van der Waals surface area contributed by atoms with Gasteiger partial charge >= 0.3 is 10.1 Å². The van der Waals surface area contributed by atoms with Crippen molar-refractivity contribution in [3.8, 4) is 6.07 Å². The number of nitrogens with zero attached hydrogens (tertiary/aromatic N) is 2. The number of rotatable bonds is 4. The normalized spacial score (nSPS) is 17.0. The van der Waals surface area contributed by atoms with Gasteiger partial charge in [-0.05, 0) is 48.8 Å². The van der Waals surface area contributed by atoms with Crippen molar-refractivity contribution in [2.24, 2.45) is 5.16 Å². The first kappa shape index (κ1) is 19.0. The maximum absolute atomic E-state index is 12.3. The summed E-state index contributed by atoms with van der Waals surface area (Å²) in [4.78, 5) is 0.775. The van der Waals surface area contributed by atoms with E-state index in [-0.39, 0.29) is 4.90 Å². The Bertz CT molecular complexity index is 1120. The second-order valence-corrected chi connectivity index (χ2v) is 8.38. The number of aryl methyl sites for hydroxylation is 2. The number of allylic oxidation sites excluding steroid dienone is 2. The van der Waals surface area contributed by atoms with E-state index < -0.39 is 10.1 Å². The van der Waals surface area contributed by atoms with Crippen LogP contribution in [0.2, 0.25) is 0 Å². The van der Waals surface area contributed by atoms with Gasteiger partial charge in [-0.1, -0.05) is 59.4 Å². The number of hydrogen-bond acceptors (Lipinski definition) is 6. The molecule has 5 nitrogen and oxygen atoms in total. The van der Waals surface area contributed by atoms with Crippen LogP contribution >= 0.6 is 11.8 Å². The number of thioether (sulfide) groups is 1. The lowest BCUT2D eigenvalue weighted by Crippen LogP contribution is -2.05. The van der Waals surface area contributed by atoms with Crippen molar-refractivity contribution >= 4 is 32.5 Å². The molecular formula is C20H16N2O3S2. The lowest BCUT2D eigenvalue weighted by molar-refractivity contribution is 0.340. The zero-order valence-electron chi connectivity index (χ0n) is 14.7. The predicted octanol–water partition coefficient (Wildman–Crippen LogP) is 4.56. The molecule has 0 unspecified atom stereocenters. The monoisotopic (exact) mass is 396 g/mol. The first-order valence-electron chi connectivity index (χ1n) is 8.06. The lowest BCUT2D eigenvalue weighted by atomic mass is 10.0. The molecule has 1 heterocycles. The fourth-order valence-corrected chi connectivity index (χ4v) is 4.42. The average molecular weight is 396 g/mol. The Morgan fingerprint density at radius 1 is 1.04 bits per heavy atom. The highest BCUT2D eigenvalue weighted by molar-refractivity contribution is 8.18. The van der Waals surface area contributed by atoms with Crippen LogP contribution in [0.15, 0.2) is 75.6 Å². The molecule has 0 spiro atoms. The van der Waals surface area contributed by atoms with Crippen LogP contribution in [-0.2, 0) is 14.4 Å². The molecule has 0 aliphatic carbocycles. The molecule has 1 aliphatic rings. The van der Waals surface area contributed by atoms with E-state index in [1.54, 1.807) is 37.3 Å². The Kier molecular flexibility index (Phi) is 5.49. The largest absolute Gasteiger partial charge is 0.358 e. The molecule has 1 aliphatic heterocycles. The Hall–Kier alpha value is -2.82. The molecule has 0 saturated heterocycles. The van der Waals surface area contributed by atoms with E-state index in [4.69, 9.17) is 4.28 Å². The molecule has 7 heteroatoms. The number of nitriles is 1. The average Bonchev–Trinajstić information content (AvgIpc) is 3.11. The van der Waals surface area contributed by atoms with Crippen molar-refractivity contribution < 1.29 is 12.7 Å². The van der Waals surface area contributed by atoms with Crippen LogP contribution in [0.3, 0.4) is 0 Å². The van der Waals surface area contributed by atoms with Crippen molar-refractivity contribution in [3.05, 3.63) is 82.3 Å². The number of oxime groups is 1. The minimum atomic E-state index is -4.00. The first-order valence-corrected chi connectivity index (χ1v) is 10.3. The summed E-state index contributed by atoms with van der Waals surface area (Å²) in [5.41, 5.74) is 2.92. The van der Waals surface area contributed by atoms with Gasteiger partial charge in [-0.15, -0.1) is 0 Å². The van der Waals surface area contributed by atoms with Crippen LogP contribution in [-0.4, -0.2) is 13.5 Å². The van der Waals surface area contributed by atoms with Gasteiger partial charge in [0.25, 0.3) is 0 Å². The van der Waals surface area contributed by atoms with Crippen LogP contribution in [0.4, 0.5) is 0 Å². The third-order valence-electron chi connectivity index (χ3n) is 3.95. The summed E-state index contributed by atoms with van der Waals surface area (Å²) in [5, 5.41) is 13.7. The lowest BCUT2D eigenvalue weighted by Gasteiger charge is -2.06. The first-order chi connectivity index (χ1) is 12.9. The summed E-state index contributed by atoms with van der Waals surface area (Å²) >= 11 is 1.19. The Labute approximate surface area is 162 Å². The van der Waals surface area contributed by atoms with Crippen molar-refractivity contribution in [3.63, 3.8) is 0 Å². The number of hydrogen-bond donors (Lipinski definition) is 0. The summed E-state index contributed by atoms with van der Waals surface area (Å²) < 4.78 is 29.5. The zero-order valence-corrected chi connectivity index (χ0v) is 16.3. The van der Waals surface area contributed by atoms with Gasteiger partial charge in [0.15, 0.2) is 0 Å². The maximum Gasteiger partial charge on any atom is 0.358 e. The van der Waals surface area contributed by atoms with Gasteiger partial charge in [0.2, 0.25) is 0 Å². The van der Waals surface area contributed by atoms with Gasteiger partial charge in [0, 0.05) is 4.91 Å². The number of benzene rings is 2. The Morgan fingerprint density at radius 2 is 1.70 bits per heavy atom. The SMILES string of the molecule is Cc1ccccc1C(C#N)=C1C=CC(=NOS(=O)(=O)c2ccccc2C)S1. The molecule has 0 bridgehead atoms. The van der Waals surface area contributed by atoms with E-state index in [0.29, 0.717) is 21.1 Å². The molecule has 0 N–H and O–H groups in total. The molecule has 0 radical (unpaired) electrons. The summed E-state index contributed by atoms with van der Waals surface area (Å²) in [6.07, 6.45) is 3.36. The molecule has 3 rings (SSSR count). The van der Waals surface area contributed by atoms with Gasteiger partial charge in [-0.25, -0.2) is 0 Å². The topological polar surface area (TPSA) is 79.5 Å². The smallest absolute Gasteiger partial charge is 0.264 e. The second kappa shape index (κ2) is 7.82.